The maximum absolute atomic E-state index is 11.9. The van der Waals surface area contributed by atoms with E-state index in [1.54, 1.807) is 6.26 Å². The molecule has 0 saturated heterocycles. The number of anilines is 1. The van der Waals surface area contributed by atoms with Gasteiger partial charge in [-0.2, -0.15) is 0 Å². The molecular formula is C17H18N2O2. The highest BCUT2D eigenvalue weighted by Crippen LogP contribution is 2.15. The van der Waals surface area contributed by atoms with Gasteiger partial charge in [0.25, 0.3) is 0 Å². The van der Waals surface area contributed by atoms with E-state index in [1.807, 2.05) is 37.3 Å². The number of aryl methyl sites for hydroxylation is 2. The average Bonchev–Trinajstić information content (AvgIpc) is 2.99. The van der Waals surface area contributed by atoms with Gasteiger partial charge >= 0.3 is 0 Å². The van der Waals surface area contributed by atoms with Gasteiger partial charge in [0.2, 0.25) is 5.91 Å². The highest BCUT2D eigenvalue weighted by molar-refractivity contribution is 5.91. The van der Waals surface area contributed by atoms with Crippen molar-refractivity contribution in [3.05, 3.63) is 53.5 Å². The van der Waals surface area contributed by atoms with Gasteiger partial charge in [0.1, 0.15) is 5.76 Å². The van der Waals surface area contributed by atoms with Crippen molar-refractivity contribution < 1.29 is 9.21 Å². The van der Waals surface area contributed by atoms with Gasteiger partial charge in [-0.1, -0.05) is 17.9 Å². The molecule has 2 aromatic rings. The maximum atomic E-state index is 11.9. The molecule has 1 aromatic heterocycles. The largest absolute Gasteiger partial charge is 0.469 e. The van der Waals surface area contributed by atoms with Crippen LogP contribution in [-0.4, -0.2) is 12.5 Å². The van der Waals surface area contributed by atoms with Crippen molar-refractivity contribution in [2.24, 2.45) is 5.73 Å². The molecule has 1 heterocycles. The zero-order valence-corrected chi connectivity index (χ0v) is 12.0. The third-order valence-electron chi connectivity index (χ3n) is 3.03. The van der Waals surface area contributed by atoms with Crippen LogP contribution in [0.1, 0.15) is 23.3 Å². The van der Waals surface area contributed by atoms with Crippen LogP contribution >= 0.6 is 0 Å². The lowest BCUT2D eigenvalue weighted by atomic mass is 10.1. The minimum absolute atomic E-state index is 0.0482. The third kappa shape index (κ3) is 4.51. The van der Waals surface area contributed by atoms with E-state index in [1.165, 1.54) is 0 Å². The molecule has 0 unspecified atom stereocenters. The standard InChI is InChI=1S/C17H18N2O2/c1-13-6-7-15(12-14(13)4-2-10-18)19-17(20)9-8-16-5-3-11-21-16/h3,5-7,11-12H,8-10,18H2,1H3,(H,19,20). The minimum Gasteiger partial charge on any atom is -0.469 e. The maximum Gasteiger partial charge on any atom is 0.224 e. The Hall–Kier alpha value is -2.51. The van der Waals surface area contributed by atoms with Crippen LogP contribution in [0.25, 0.3) is 0 Å². The summed E-state index contributed by atoms with van der Waals surface area (Å²) < 4.78 is 5.20. The molecule has 0 aliphatic rings. The number of hydrogen-bond donors (Lipinski definition) is 2. The van der Waals surface area contributed by atoms with E-state index in [9.17, 15) is 4.79 Å². The van der Waals surface area contributed by atoms with Crippen molar-refractivity contribution in [1.29, 1.82) is 0 Å². The summed E-state index contributed by atoms with van der Waals surface area (Å²) in [4.78, 5) is 11.9. The summed E-state index contributed by atoms with van der Waals surface area (Å²) in [6, 6.07) is 9.34. The Balaban J connectivity index is 1.97. The predicted molar refractivity (Wildman–Crippen MR) is 82.8 cm³/mol. The van der Waals surface area contributed by atoms with Crippen molar-refractivity contribution in [1.82, 2.24) is 0 Å². The molecule has 3 N–H and O–H groups in total. The molecule has 4 nitrogen and oxygen atoms in total. The molecule has 21 heavy (non-hydrogen) atoms. The first kappa shape index (κ1) is 14.9. The van der Waals surface area contributed by atoms with Crippen molar-refractivity contribution in [2.45, 2.75) is 19.8 Å². The van der Waals surface area contributed by atoms with Crippen LogP contribution < -0.4 is 11.1 Å². The summed E-state index contributed by atoms with van der Waals surface area (Å²) >= 11 is 0. The Morgan fingerprint density at radius 3 is 2.95 bits per heavy atom. The van der Waals surface area contributed by atoms with Crippen LogP contribution in [0, 0.1) is 18.8 Å². The van der Waals surface area contributed by atoms with Gasteiger partial charge in [-0.05, 0) is 36.8 Å². The topological polar surface area (TPSA) is 68.3 Å². The van der Waals surface area contributed by atoms with E-state index in [-0.39, 0.29) is 5.91 Å². The van der Waals surface area contributed by atoms with Crippen molar-refractivity contribution in [3.8, 4) is 11.8 Å². The normalized spacial score (nSPS) is 9.81. The summed E-state index contributed by atoms with van der Waals surface area (Å²) in [6.07, 6.45) is 2.57. The number of rotatable bonds is 4. The summed E-state index contributed by atoms with van der Waals surface area (Å²) in [5.74, 6) is 6.58. The fourth-order valence-electron chi connectivity index (χ4n) is 1.90. The number of hydrogen-bond acceptors (Lipinski definition) is 3. The Bertz CT molecular complexity index is 664. The highest BCUT2D eigenvalue weighted by Gasteiger charge is 2.05. The van der Waals surface area contributed by atoms with Crippen molar-refractivity contribution >= 4 is 11.6 Å². The number of carbonyl (C=O) groups excluding carboxylic acids is 1. The lowest BCUT2D eigenvalue weighted by molar-refractivity contribution is -0.116. The second-order valence-electron chi connectivity index (χ2n) is 4.66. The number of nitrogens with two attached hydrogens (primary N) is 1. The fourth-order valence-corrected chi connectivity index (χ4v) is 1.90. The monoisotopic (exact) mass is 282 g/mol. The van der Waals surface area contributed by atoms with Crippen molar-refractivity contribution in [3.63, 3.8) is 0 Å². The SMILES string of the molecule is Cc1ccc(NC(=O)CCc2ccco2)cc1C#CCN. The van der Waals surface area contributed by atoms with Gasteiger partial charge in [-0.25, -0.2) is 0 Å². The van der Waals surface area contributed by atoms with Crippen LogP contribution in [-0.2, 0) is 11.2 Å². The zero-order chi connectivity index (χ0) is 15.1. The Morgan fingerprint density at radius 2 is 2.24 bits per heavy atom. The summed E-state index contributed by atoms with van der Waals surface area (Å²) in [5, 5.41) is 2.87. The molecule has 108 valence electrons. The van der Waals surface area contributed by atoms with E-state index in [0.29, 0.717) is 19.4 Å². The first-order chi connectivity index (χ1) is 10.2. The molecule has 0 fully saturated rings. The molecule has 0 atom stereocenters. The van der Waals surface area contributed by atoms with Gasteiger partial charge < -0.3 is 15.5 Å². The summed E-state index contributed by atoms with van der Waals surface area (Å²) in [6.45, 7) is 2.29. The number of amides is 1. The molecule has 0 saturated carbocycles. The van der Waals surface area contributed by atoms with Crippen LogP contribution in [0.4, 0.5) is 5.69 Å². The van der Waals surface area contributed by atoms with E-state index in [2.05, 4.69) is 17.2 Å². The van der Waals surface area contributed by atoms with E-state index in [0.717, 1.165) is 22.6 Å². The van der Waals surface area contributed by atoms with Crippen LogP contribution in [0.5, 0.6) is 0 Å². The molecule has 0 radical (unpaired) electrons. The van der Waals surface area contributed by atoms with Gasteiger partial charge in [0, 0.05) is 24.1 Å². The second-order valence-corrected chi connectivity index (χ2v) is 4.66. The molecule has 2 rings (SSSR count). The van der Waals surface area contributed by atoms with Crippen molar-refractivity contribution in [2.75, 3.05) is 11.9 Å². The molecule has 0 bridgehead atoms. The Morgan fingerprint density at radius 1 is 1.38 bits per heavy atom. The summed E-state index contributed by atoms with van der Waals surface area (Å²) in [5.41, 5.74) is 8.06. The Kier molecular flexibility index (Phi) is 5.19. The smallest absolute Gasteiger partial charge is 0.224 e. The summed E-state index contributed by atoms with van der Waals surface area (Å²) in [7, 11) is 0. The number of carbonyl (C=O) groups is 1. The molecule has 0 spiro atoms. The first-order valence-corrected chi connectivity index (χ1v) is 6.81. The molecule has 1 amide bonds. The number of nitrogens with one attached hydrogen (secondary N) is 1. The minimum atomic E-state index is -0.0482. The van der Waals surface area contributed by atoms with Crippen LogP contribution in [0.3, 0.4) is 0 Å². The fraction of sp³-hybridized carbons (Fsp3) is 0.235. The molecule has 0 aliphatic heterocycles. The van der Waals surface area contributed by atoms with E-state index < -0.39 is 0 Å². The van der Waals surface area contributed by atoms with Gasteiger partial charge in [0.05, 0.1) is 12.8 Å². The van der Waals surface area contributed by atoms with Gasteiger partial charge in [-0.3, -0.25) is 4.79 Å². The first-order valence-electron chi connectivity index (χ1n) is 6.81. The third-order valence-corrected chi connectivity index (χ3v) is 3.03. The highest BCUT2D eigenvalue weighted by atomic mass is 16.3. The molecule has 4 heteroatoms. The zero-order valence-electron chi connectivity index (χ0n) is 12.0. The quantitative estimate of drug-likeness (QED) is 0.846. The van der Waals surface area contributed by atoms with Crippen LogP contribution in [0.2, 0.25) is 0 Å². The lowest BCUT2D eigenvalue weighted by Gasteiger charge is -2.07. The average molecular weight is 282 g/mol. The lowest BCUT2D eigenvalue weighted by Crippen LogP contribution is -2.12. The molecular weight excluding hydrogens is 264 g/mol. The molecule has 1 aromatic carbocycles. The predicted octanol–water partition coefficient (Wildman–Crippen LogP) is 2.47. The van der Waals surface area contributed by atoms with E-state index >= 15 is 0 Å². The van der Waals surface area contributed by atoms with Crippen LogP contribution in [0.15, 0.2) is 41.0 Å². The Labute approximate surface area is 124 Å². The molecule has 0 aliphatic carbocycles. The number of furan rings is 1. The van der Waals surface area contributed by atoms with Gasteiger partial charge in [-0.15, -0.1) is 0 Å². The van der Waals surface area contributed by atoms with E-state index in [4.69, 9.17) is 10.2 Å². The number of benzene rings is 1. The van der Waals surface area contributed by atoms with Gasteiger partial charge in [0.15, 0.2) is 0 Å². The second kappa shape index (κ2) is 7.32.